The fraction of sp³-hybridized carbons (Fsp3) is 0.308. The van der Waals surface area contributed by atoms with Gasteiger partial charge in [0.05, 0.1) is 11.6 Å². The van der Waals surface area contributed by atoms with Crippen LogP contribution in [0.1, 0.15) is 40.9 Å². The van der Waals surface area contributed by atoms with Gasteiger partial charge in [-0.3, -0.25) is 4.79 Å². The molecule has 1 amide bonds. The first-order chi connectivity index (χ1) is 16.1. The summed E-state index contributed by atoms with van der Waals surface area (Å²) in [6.07, 6.45) is 6.37. The minimum Gasteiger partial charge on any atom is -0.451 e. The molecule has 1 atom stereocenters. The van der Waals surface area contributed by atoms with Gasteiger partial charge in [-0.2, -0.15) is 5.26 Å². The smallest absolute Gasteiger partial charge is 0.284 e. The van der Waals surface area contributed by atoms with Crippen molar-refractivity contribution in [3.8, 4) is 6.07 Å². The van der Waals surface area contributed by atoms with Gasteiger partial charge in [0.2, 0.25) is 0 Å². The van der Waals surface area contributed by atoms with Gasteiger partial charge < -0.3 is 25.4 Å². The van der Waals surface area contributed by atoms with E-state index in [1.165, 1.54) is 5.56 Å². The van der Waals surface area contributed by atoms with Crippen molar-refractivity contribution in [2.75, 3.05) is 24.5 Å². The van der Waals surface area contributed by atoms with Crippen molar-refractivity contribution in [3.05, 3.63) is 65.5 Å². The fourth-order valence-electron chi connectivity index (χ4n) is 4.84. The van der Waals surface area contributed by atoms with E-state index in [0.29, 0.717) is 17.2 Å². The summed E-state index contributed by atoms with van der Waals surface area (Å²) in [5.41, 5.74) is 10.2. The number of piperazine rings is 1. The van der Waals surface area contributed by atoms with E-state index in [1.54, 1.807) is 6.07 Å². The van der Waals surface area contributed by atoms with Crippen LogP contribution in [0.25, 0.3) is 21.9 Å². The molecule has 1 fully saturated rings. The minimum atomic E-state index is -0.549. The first-order valence-corrected chi connectivity index (χ1v) is 11.4. The Balaban J connectivity index is 1.24. The molecule has 1 aliphatic heterocycles. The first kappa shape index (κ1) is 21.1. The highest BCUT2D eigenvalue weighted by molar-refractivity contribution is 5.95. The van der Waals surface area contributed by atoms with Crippen LogP contribution in [0, 0.1) is 11.3 Å². The molecule has 0 radical (unpaired) electrons. The number of benzene rings is 2. The number of anilines is 1. The Hall–Kier alpha value is -3.76. The molecular weight excluding hydrogens is 414 g/mol. The van der Waals surface area contributed by atoms with Crippen molar-refractivity contribution in [1.29, 1.82) is 5.26 Å². The van der Waals surface area contributed by atoms with E-state index in [0.717, 1.165) is 67.3 Å². The zero-order valence-electron chi connectivity index (χ0n) is 18.4. The maximum Gasteiger partial charge on any atom is 0.284 e. The normalized spacial score (nSPS) is 16.3. The summed E-state index contributed by atoms with van der Waals surface area (Å²) in [5.74, 6) is -0.356. The van der Waals surface area contributed by atoms with E-state index in [1.807, 2.05) is 24.3 Å². The number of hydrogen-bond acceptors (Lipinski definition) is 5. The molecular formula is C26H27N5O2. The van der Waals surface area contributed by atoms with Crippen LogP contribution in [0.5, 0.6) is 0 Å². The number of amides is 1. The number of primary amides is 1. The van der Waals surface area contributed by atoms with Crippen molar-refractivity contribution >= 4 is 33.5 Å². The van der Waals surface area contributed by atoms with Crippen molar-refractivity contribution in [2.24, 2.45) is 5.73 Å². The largest absolute Gasteiger partial charge is 0.451 e. The molecule has 1 unspecified atom stereocenters. The van der Waals surface area contributed by atoms with Crippen molar-refractivity contribution in [1.82, 2.24) is 10.3 Å². The second-order valence-electron chi connectivity index (χ2n) is 8.68. The lowest BCUT2D eigenvalue weighted by Gasteiger charge is -2.38. The summed E-state index contributed by atoms with van der Waals surface area (Å²) >= 11 is 0. The number of nitriles is 1. The molecule has 3 heterocycles. The van der Waals surface area contributed by atoms with Gasteiger partial charge in [-0.05, 0) is 67.3 Å². The highest BCUT2D eigenvalue weighted by Gasteiger charge is 2.23. The van der Waals surface area contributed by atoms with Gasteiger partial charge in [0.1, 0.15) is 5.58 Å². The van der Waals surface area contributed by atoms with E-state index < -0.39 is 5.91 Å². The predicted molar refractivity (Wildman–Crippen MR) is 129 cm³/mol. The highest BCUT2D eigenvalue weighted by atomic mass is 16.3. The summed E-state index contributed by atoms with van der Waals surface area (Å²) in [7, 11) is 0. The van der Waals surface area contributed by atoms with Crippen molar-refractivity contribution in [2.45, 2.75) is 31.7 Å². The SMILES string of the molecule is N#Cc1ccc2[nH]cc(CCCCC3CNCCN3c3ccc4oc(C(N)=O)cc4c3)c2c1. The highest BCUT2D eigenvalue weighted by Crippen LogP contribution is 2.28. The van der Waals surface area contributed by atoms with Crippen LogP contribution in [0.3, 0.4) is 0 Å². The van der Waals surface area contributed by atoms with Crippen LogP contribution in [0.15, 0.2) is 53.1 Å². The Bertz CT molecular complexity index is 1350. The van der Waals surface area contributed by atoms with Gasteiger partial charge in [-0.1, -0.05) is 6.42 Å². The summed E-state index contributed by atoms with van der Waals surface area (Å²) in [4.78, 5) is 17.2. The van der Waals surface area contributed by atoms with Gasteiger partial charge in [0.25, 0.3) is 5.91 Å². The first-order valence-electron chi connectivity index (χ1n) is 11.4. The third-order valence-corrected chi connectivity index (χ3v) is 6.55. The van der Waals surface area contributed by atoms with Crippen LogP contribution < -0.4 is 16.0 Å². The average molecular weight is 442 g/mol. The van der Waals surface area contributed by atoms with E-state index in [-0.39, 0.29) is 5.76 Å². The Morgan fingerprint density at radius 3 is 2.97 bits per heavy atom. The second kappa shape index (κ2) is 9.00. The molecule has 1 saturated heterocycles. The Kier molecular flexibility index (Phi) is 5.76. The zero-order chi connectivity index (χ0) is 22.8. The van der Waals surface area contributed by atoms with E-state index in [2.05, 4.69) is 39.6 Å². The number of carbonyl (C=O) groups is 1. The molecule has 0 aliphatic carbocycles. The maximum atomic E-state index is 11.4. The number of nitrogens with two attached hydrogens (primary N) is 1. The number of nitrogens with one attached hydrogen (secondary N) is 2. The lowest BCUT2D eigenvalue weighted by Crippen LogP contribution is -2.51. The average Bonchev–Trinajstić information content (AvgIpc) is 3.45. The second-order valence-corrected chi connectivity index (χ2v) is 8.68. The van der Waals surface area contributed by atoms with Gasteiger partial charge in [0, 0.05) is 53.8 Å². The number of nitrogens with zero attached hydrogens (tertiary/aromatic N) is 2. The lowest BCUT2D eigenvalue weighted by molar-refractivity contribution is 0.0976. The minimum absolute atomic E-state index is 0.193. The number of hydrogen-bond donors (Lipinski definition) is 3. The molecule has 7 nitrogen and oxygen atoms in total. The number of aryl methyl sites for hydroxylation is 1. The van der Waals surface area contributed by atoms with Gasteiger partial charge >= 0.3 is 0 Å². The molecule has 0 spiro atoms. The lowest BCUT2D eigenvalue weighted by atomic mass is 10.0. The third-order valence-electron chi connectivity index (χ3n) is 6.55. The monoisotopic (exact) mass is 441 g/mol. The van der Waals surface area contributed by atoms with E-state index in [9.17, 15) is 10.1 Å². The molecule has 0 bridgehead atoms. The molecule has 1 aliphatic rings. The van der Waals surface area contributed by atoms with Gasteiger partial charge in [0.15, 0.2) is 5.76 Å². The number of carbonyl (C=O) groups excluding carboxylic acids is 1. The standard InChI is InChI=1S/C26H27N5O2/c27-14-17-5-7-23-22(11-17)18(15-30-23)3-1-2-4-21-16-29-9-10-31(21)20-6-8-24-19(12-20)13-25(33-24)26(28)32/h5-8,11-13,15,21,29-30H,1-4,9-10,16H2,(H2,28,32). The van der Waals surface area contributed by atoms with Crippen molar-refractivity contribution in [3.63, 3.8) is 0 Å². The molecule has 4 aromatic rings. The van der Waals surface area contributed by atoms with E-state index in [4.69, 9.17) is 10.2 Å². The van der Waals surface area contributed by atoms with Crippen LogP contribution >= 0.6 is 0 Å². The number of furan rings is 1. The molecule has 2 aromatic carbocycles. The third kappa shape index (κ3) is 4.30. The van der Waals surface area contributed by atoms with Crippen LogP contribution in [-0.2, 0) is 6.42 Å². The summed E-state index contributed by atoms with van der Waals surface area (Å²) in [5, 5.41) is 14.8. The molecule has 33 heavy (non-hydrogen) atoms. The molecule has 2 aromatic heterocycles. The molecule has 0 saturated carbocycles. The molecule has 168 valence electrons. The Labute approximate surface area is 192 Å². The number of H-pyrrole nitrogens is 1. The quantitative estimate of drug-likeness (QED) is 0.374. The summed E-state index contributed by atoms with van der Waals surface area (Å²) < 4.78 is 5.53. The van der Waals surface area contributed by atoms with Gasteiger partial charge in [-0.25, -0.2) is 0 Å². The number of fused-ring (bicyclic) bond motifs is 2. The number of aromatic nitrogens is 1. The fourth-order valence-corrected chi connectivity index (χ4v) is 4.84. The number of unbranched alkanes of at least 4 members (excludes halogenated alkanes) is 1. The molecule has 7 heteroatoms. The van der Waals surface area contributed by atoms with Gasteiger partial charge in [-0.15, -0.1) is 0 Å². The van der Waals surface area contributed by atoms with Crippen LogP contribution in [0.2, 0.25) is 0 Å². The summed E-state index contributed by atoms with van der Waals surface area (Å²) in [6, 6.07) is 16.2. The molecule has 5 rings (SSSR count). The zero-order valence-corrected chi connectivity index (χ0v) is 18.4. The predicted octanol–water partition coefficient (Wildman–Crippen LogP) is 4.08. The number of aromatic amines is 1. The Morgan fingerprint density at radius 1 is 1.21 bits per heavy atom. The van der Waals surface area contributed by atoms with Crippen LogP contribution in [-0.4, -0.2) is 36.6 Å². The maximum absolute atomic E-state index is 11.4. The topological polar surface area (TPSA) is 111 Å². The Morgan fingerprint density at radius 2 is 2.12 bits per heavy atom. The van der Waals surface area contributed by atoms with E-state index >= 15 is 0 Å². The number of rotatable bonds is 7. The summed E-state index contributed by atoms with van der Waals surface area (Å²) in [6.45, 7) is 2.84. The van der Waals surface area contributed by atoms with Crippen molar-refractivity contribution < 1.29 is 9.21 Å². The van der Waals surface area contributed by atoms with Crippen LogP contribution in [0.4, 0.5) is 5.69 Å². The molecule has 4 N–H and O–H groups in total.